The van der Waals surface area contributed by atoms with Gasteiger partial charge < -0.3 is 9.87 Å². The van der Waals surface area contributed by atoms with E-state index in [1.165, 1.54) is 6.42 Å². The molecule has 0 aliphatic carbocycles. The molecule has 4 heteroatoms. The molecule has 10 heavy (non-hydrogen) atoms. The standard InChI is InChI=1S/C6H13NO2S/c8-10(9)5-3-6-2-1-4-7-6/h6-7H,1-5H2,(H,8,9)/p-1/t6-/m0/s1. The summed E-state index contributed by atoms with van der Waals surface area (Å²) in [5.74, 6) is 0.303. The van der Waals surface area contributed by atoms with Gasteiger partial charge in [0.05, 0.1) is 0 Å². The molecule has 3 nitrogen and oxygen atoms in total. The lowest BCUT2D eigenvalue weighted by atomic mass is 10.2. The van der Waals surface area contributed by atoms with Gasteiger partial charge in [-0.3, -0.25) is 4.21 Å². The lowest BCUT2D eigenvalue weighted by Gasteiger charge is -2.10. The number of hydrogen-bond donors (Lipinski definition) is 1. The molecule has 0 radical (unpaired) electrons. The van der Waals surface area contributed by atoms with Crippen molar-refractivity contribution >= 4 is 11.1 Å². The average molecular weight is 162 g/mol. The van der Waals surface area contributed by atoms with Crippen LogP contribution in [0.15, 0.2) is 0 Å². The quantitative estimate of drug-likeness (QED) is 0.595. The minimum Gasteiger partial charge on any atom is -0.772 e. The predicted molar refractivity (Wildman–Crippen MR) is 39.4 cm³/mol. The molecular weight excluding hydrogens is 150 g/mol. The highest BCUT2D eigenvalue weighted by Crippen LogP contribution is 2.08. The first-order valence-electron chi connectivity index (χ1n) is 3.58. The lowest BCUT2D eigenvalue weighted by molar-refractivity contribution is 0.522. The zero-order chi connectivity index (χ0) is 7.40. The number of rotatable bonds is 3. The van der Waals surface area contributed by atoms with E-state index in [2.05, 4.69) is 5.32 Å². The molecule has 0 aromatic heterocycles. The first kappa shape index (κ1) is 8.17. The van der Waals surface area contributed by atoms with Crippen LogP contribution in [-0.2, 0) is 11.1 Å². The molecule has 1 aliphatic heterocycles. The van der Waals surface area contributed by atoms with Crippen molar-refractivity contribution in [3.05, 3.63) is 0 Å². The van der Waals surface area contributed by atoms with E-state index in [0.717, 1.165) is 19.4 Å². The van der Waals surface area contributed by atoms with Crippen molar-refractivity contribution in [3.63, 3.8) is 0 Å². The Morgan fingerprint density at radius 1 is 1.70 bits per heavy atom. The number of nitrogens with one attached hydrogen (secondary N) is 1. The van der Waals surface area contributed by atoms with Gasteiger partial charge in [-0.15, -0.1) is 0 Å². The second-order valence-corrected chi connectivity index (χ2v) is 3.61. The van der Waals surface area contributed by atoms with Gasteiger partial charge in [-0.1, -0.05) is 11.1 Å². The van der Waals surface area contributed by atoms with E-state index in [4.69, 9.17) is 0 Å². The summed E-state index contributed by atoms with van der Waals surface area (Å²) in [4.78, 5) is 0. The van der Waals surface area contributed by atoms with Gasteiger partial charge in [0.25, 0.3) is 0 Å². The fourth-order valence-electron chi connectivity index (χ4n) is 1.24. The van der Waals surface area contributed by atoms with E-state index in [-0.39, 0.29) is 0 Å². The van der Waals surface area contributed by atoms with Gasteiger partial charge in [-0.2, -0.15) is 0 Å². The maximum absolute atomic E-state index is 10.1. The smallest absolute Gasteiger partial charge is 0.0116 e. The second-order valence-electron chi connectivity index (χ2n) is 2.59. The van der Waals surface area contributed by atoms with Crippen molar-refractivity contribution < 1.29 is 8.76 Å². The molecule has 60 valence electrons. The summed E-state index contributed by atoms with van der Waals surface area (Å²) >= 11 is -1.85. The molecule has 1 unspecified atom stereocenters. The van der Waals surface area contributed by atoms with Crippen molar-refractivity contribution in [2.24, 2.45) is 0 Å². The normalized spacial score (nSPS) is 28.7. The van der Waals surface area contributed by atoms with Gasteiger partial charge in [0.1, 0.15) is 0 Å². The Labute approximate surface area is 63.5 Å². The molecule has 0 spiro atoms. The van der Waals surface area contributed by atoms with Crippen LogP contribution >= 0.6 is 0 Å². The van der Waals surface area contributed by atoms with E-state index in [1.807, 2.05) is 0 Å². The van der Waals surface area contributed by atoms with Gasteiger partial charge in [0, 0.05) is 11.8 Å². The first-order chi connectivity index (χ1) is 4.79. The van der Waals surface area contributed by atoms with Crippen LogP contribution in [0.5, 0.6) is 0 Å². The minimum atomic E-state index is -1.85. The Morgan fingerprint density at radius 2 is 2.50 bits per heavy atom. The van der Waals surface area contributed by atoms with Crippen molar-refractivity contribution in [3.8, 4) is 0 Å². The highest BCUT2D eigenvalue weighted by molar-refractivity contribution is 7.79. The fraction of sp³-hybridized carbons (Fsp3) is 1.00. The Morgan fingerprint density at radius 3 is 3.00 bits per heavy atom. The molecule has 1 heterocycles. The maximum atomic E-state index is 10.1. The fourth-order valence-corrected chi connectivity index (χ4v) is 1.72. The van der Waals surface area contributed by atoms with E-state index < -0.39 is 11.1 Å². The number of hydrogen-bond acceptors (Lipinski definition) is 3. The van der Waals surface area contributed by atoms with E-state index in [1.54, 1.807) is 0 Å². The summed E-state index contributed by atoms with van der Waals surface area (Å²) in [5, 5.41) is 3.24. The summed E-state index contributed by atoms with van der Waals surface area (Å²) in [6.45, 7) is 1.05. The first-order valence-corrected chi connectivity index (χ1v) is 4.82. The molecule has 0 amide bonds. The molecule has 1 fully saturated rings. The van der Waals surface area contributed by atoms with Crippen LogP contribution in [-0.4, -0.2) is 27.1 Å². The van der Waals surface area contributed by atoms with Crippen LogP contribution < -0.4 is 5.32 Å². The third-order valence-corrected chi connectivity index (χ3v) is 2.36. The third-order valence-electron chi connectivity index (χ3n) is 1.80. The Balaban J connectivity index is 2.07. The zero-order valence-electron chi connectivity index (χ0n) is 5.84. The summed E-state index contributed by atoms with van der Waals surface area (Å²) in [6, 6.07) is 0.456. The van der Waals surface area contributed by atoms with Gasteiger partial charge in [0.2, 0.25) is 0 Å². The summed E-state index contributed by atoms with van der Waals surface area (Å²) < 4.78 is 20.3. The van der Waals surface area contributed by atoms with E-state index in [9.17, 15) is 8.76 Å². The highest BCUT2D eigenvalue weighted by atomic mass is 32.2. The van der Waals surface area contributed by atoms with Crippen LogP contribution in [0.3, 0.4) is 0 Å². The van der Waals surface area contributed by atoms with Crippen LogP contribution in [0.1, 0.15) is 19.3 Å². The van der Waals surface area contributed by atoms with Gasteiger partial charge in [-0.05, 0) is 25.8 Å². The Bertz CT molecular complexity index is 123. The molecule has 1 rings (SSSR count). The minimum absolute atomic E-state index is 0.303. The zero-order valence-corrected chi connectivity index (χ0v) is 6.65. The van der Waals surface area contributed by atoms with Crippen LogP contribution in [0.25, 0.3) is 0 Å². The largest absolute Gasteiger partial charge is 0.772 e. The van der Waals surface area contributed by atoms with E-state index in [0.29, 0.717) is 11.8 Å². The SMILES string of the molecule is O=S([O-])CC[C@@H]1CCCN1. The van der Waals surface area contributed by atoms with Crippen molar-refractivity contribution in [2.75, 3.05) is 12.3 Å². The lowest BCUT2D eigenvalue weighted by Crippen LogP contribution is -2.23. The van der Waals surface area contributed by atoms with Crippen LogP contribution in [0.4, 0.5) is 0 Å². The van der Waals surface area contributed by atoms with Gasteiger partial charge >= 0.3 is 0 Å². The summed E-state index contributed by atoms with van der Waals surface area (Å²) in [6.07, 6.45) is 3.10. The summed E-state index contributed by atoms with van der Waals surface area (Å²) in [7, 11) is 0. The molecule has 0 aromatic rings. The second kappa shape index (κ2) is 4.05. The molecule has 0 bridgehead atoms. The van der Waals surface area contributed by atoms with Gasteiger partial charge in [-0.25, -0.2) is 0 Å². The molecule has 2 atom stereocenters. The van der Waals surface area contributed by atoms with E-state index >= 15 is 0 Å². The molecule has 1 saturated heterocycles. The van der Waals surface area contributed by atoms with Crippen molar-refractivity contribution in [1.29, 1.82) is 0 Å². The average Bonchev–Trinajstić information content (AvgIpc) is 2.34. The molecule has 0 saturated carbocycles. The maximum Gasteiger partial charge on any atom is 0.0116 e. The van der Waals surface area contributed by atoms with Crippen LogP contribution in [0, 0.1) is 0 Å². The third kappa shape index (κ3) is 2.77. The monoisotopic (exact) mass is 162 g/mol. The van der Waals surface area contributed by atoms with Crippen molar-refractivity contribution in [2.45, 2.75) is 25.3 Å². The molecular formula is C6H12NO2S-. The van der Waals surface area contributed by atoms with Crippen LogP contribution in [0.2, 0.25) is 0 Å². The topological polar surface area (TPSA) is 52.2 Å². The van der Waals surface area contributed by atoms with Crippen molar-refractivity contribution in [1.82, 2.24) is 5.32 Å². The predicted octanol–water partition coefficient (Wildman–Crippen LogP) is 0.00760. The summed E-state index contributed by atoms with van der Waals surface area (Å²) in [5.41, 5.74) is 0. The van der Waals surface area contributed by atoms with Gasteiger partial charge in [0.15, 0.2) is 0 Å². The molecule has 1 N–H and O–H groups in total. The highest BCUT2D eigenvalue weighted by Gasteiger charge is 2.12. The Hall–Kier alpha value is 0.0700. The Kier molecular flexibility index (Phi) is 3.31. The molecule has 0 aromatic carbocycles. The molecule has 1 aliphatic rings.